The molecule has 30 heavy (non-hydrogen) atoms. The van der Waals surface area contributed by atoms with Gasteiger partial charge in [0.05, 0.1) is 31.0 Å². The van der Waals surface area contributed by atoms with Crippen LogP contribution in [0.2, 0.25) is 0 Å². The molecule has 2 aromatic heterocycles. The topological polar surface area (TPSA) is 98.3 Å². The first-order chi connectivity index (χ1) is 14.6. The van der Waals surface area contributed by atoms with Gasteiger partial charge in [-0.15, -0.1) is 0 Å². The van der Waals surface area contributed by atoms with E-state index in [0.29, 0.717) is 49.2 Å². The largest absolute Gasteiger partial charge is 0.383 e. The lowest BCUT2D eigenvalue weighted by molar-refractivity contribution is 0.183. The summed E-state index contributed by atoms with van der Waals surface area (Å²) in [7, 11) is 1.63. The Balaban J connectivity index is 1.38. The minimum absolute atomic E-state index is 0.0660. The molecule has 10 heteroatoms. The van der Waals surface area contributed by atoms with Crippen LogP contribution >= 0.6 is 0 Å². The number of halogens is 1. The lowest BCUT2D eigenvalue weighted by atomic mass is 9.98. The van der Waals surface area contributed by atoms with Crippen molar-refractivity contribution in [3.05, 3.63) is 48.4 Å². The highest BCUT2D eigenvalue weighted by atomic mass is 19.1. The van der Waals surface area contributed by atoms with Crippen LogP contribution in [0.25, 0.3) is 11.4 Å². The summed E-state index contributed by atoms with van der Waals surface area (Å²) in [6.45, 7) is 2.27. The zero-order valence-electron chi connectivity index (χ0n) is 16.6. The van der Waals surface area contributed by atoms with Gasteiger partial charge in [0, 0.05) is 32.0 Å². The molecular formula is C20H23FN6O3. The van der Waals surface area contributed by atoms with Crippen molar-refractivity contribution in [2.45, 2.75) is 25.3 Å². The lowest BCUT2D eigenvalue weighted by Gasteiger charge is -2.30. The average Bonchev–Trinajstić information content (AvgIpc) is 3.42. The minimum Gasteiger partial charge on any atom is -0.383 e. The maximum atomic E-state index is 13.4. The Hall–Kier alpha value is -3.27. The molecule has 158 valence electrons. The molecule has 1 saturated heterocycles. The summed E-state index contributed by atoms with van der Waals surface area (Å²) in [5, 5.41) is 11.0. The van der Waals surface area contributed by atoms with Gasteiger partial charge in [-0.05, 0) is 25.0 Å². The number of methoxy groups -OCH3 is 1. The van der Waals surface area contributed by atoms with E-state index in [1.165, 1.54) is 12.1 Å². The zero-order valence-corrected chi connectivity index (χ0v) is 16.6. The molecule has 3 aromatic rings. The summed E-state index contributed by atoms with van der Waals surface area (Å²) in [6.07, 6.45) is 5.03. The third kappa shape index (κ3) is 4.65. The maximum Gasteiger partial charge on any atom is 0.321 e. The average molecular weight is 414 g/mol. The van der Waals surface area contributed by atoms with E-state index in [2.05, 4.69) is 20.6 Å². The second-order valence-corrected chi connectivity index (χ2v) is 7.17. The zero-order chi connectivity index (χ0) is 20.9. The highest BCUT2D eigenvalue weighted by molar-refractivity contribution is 5.89. The minimum atomic E-state index is -0.357. The number of nitrogens with one attached hydrogen (secondary N) is 1. The van der Waals surface area contributed by atoms with E-state index >= 15 is 0 Å². The molecule has 0 aliphatic carbocycles. The fourth-order valence-electron chi connectivity index (χ4n) is 3.45. The number of ether oxygens (including phenoxy) is 1. The highest BCUT2D eigenvalue weighted by Crippen LogP contribution is 2.28. The molecule has 0 radical (unpaired) electrons. The summed E-state index contributed by atoms with van der Waals surface area (Å²) in [4.78, 5) is 18.8. The van der Waals surface area contributed by atoms with Gasteiger partial charge in [-0.25, -0.2) is 9.18 Å². The molecule has 1 aliphatic rings. The van der Waals surface area contributed by atoms with Crippen molar-refractivity contribution in [2.24, 2.45) is 0 Å². The van der Waals surface area contributed by atoms with Crippen LogP contribution < -0.4 is 5.32 Å². The van der Waals surface area contributed by atoms with E-state index in [0.717, 1.165) is 12.8 Å². The van der Waals surface area contributed by atoms with E-state index in [9.17, 15) is 9.18 Å². The third-order valence-corrected chi connectivity index (χ3v) is 4.99. The molecule has 1 atom stereocenters. The molecule has 3 heterocycles. The molecule has 0 bridgehead atoms. The summed E-state index contributed by atoms with van der Waals surface area (Å²) >= 11 is 0. The fraction of sp³-hybridized carbons (Fsp3) is 0.400. The first kappa shape index (κ1) is 20.0. The number of carbonyl (C=O) groups excluding carboxylic acids is 1. The van der Waals surface area contributed by atoms with Crippen molar-refractivity contribution in [1.82, 2.24) is 24.8 Å². The number of piperidine rings is 1. The maximum absolute atomic E-state index is 13.4. The van der Waals surface area contributed by atoms with E-state index in [-0.39, 0.29) is 17.8 Å². The van der Waals surface area contributed by atoms with E-state index in [1.54, 1.807) is 41.2 Å². The van der Waals surface area contributed by atoms with Gasteiger partial charge < -0.3 is 19.5 Å². The molecule has 0 spiro atoms. The number of hydrogen-bond donors (Lipinski definition) is 1. The molecular weight excluding hydrogens is 391 g/mol. The van der Waals surface area contributed by atoms with Gasteiger partial charge in [-0.1, -0.05) is 17.3 Å². The second kappa shape index (κ2) is 9.04. The van der Waals surface area contributed by atoms with Gasteiger partial charge >= 0.3 is 6.03 Å². The predicted molar refractivity (Wildman–Crippen MR) is 106 cm³/mol. The second-order valence-electron chi connectivity index (χ2n) is 7.17. The van der Waals surface area contributed by atoms with Gasteiger partial charge in [0.2, 0.25) is 11.7 Å². The van der Waals surface area contributed by atoms with Crippen molar-refractivity contribution in [2.75, 3.05) is 32.1 Å². The molecule has 1 fully saturated rings. The van der Waals surface area contributed by atoms with Crippen LogP contribution in [0, 0.1) is 5.82 Å². The molecule has 2 amide bonds. The number of urea groups is 1. The molecule has 1 N–H and O–H groups in total. The molecule has 1 aliphatic heterocycles. The van der Waals surface area contributed by atoms with E-state index in [1.807, 2.05) is 0 Å². The van der Waals surface area contributed by atoms with Crippen LogP contribution in [-0.2, 0) is 11.3 Å². The van der Waals surface area contributed by atoms with Gasteiger partial charge in [0.25, 0.3) is 0 Å². The Morgan fingerprint density at radius 3 is 3.17 bits per heavy atom. The smallest absolute Gasteiger partial charge is 0.321 e. The number of rotatable bonds is 6. The Morgan fingerprint density at radius 1 is 1.43 bits per heavy atom. The van der Waals surface area contributed by atoms with E-state index in [4.69, 9.17) is 9.26 Å². The Labute approximate surface area is 172 Å². The molecule has 4 rings (SSSR count). The quantitative estimate of drug-likeness (QED) is 0.665. The number of hydrogen-bond acceptors (Lipinski definition) is 6. The van der Waals surface area contributed by atoms with Crippen LogP contribution in [0.15, 0.2) is 41.2 Å². The number of likely N-dealkylation sites (tertiary alicyclic amines) is 1. The molecule has 1 aromatic carbocycles. The van der Waals surface area contributed by atoms with Crippen molar-refractivity contribution < 1.29 is 18.4 Å². The SMILES string of the molecule is COCCn1cc(NC(=O)N2CCCC(c3nc(-c4cccc(F)c4)no3)C2)cn1. The van der Waals surface area contributed by atoms with Crippen molar-refractivity contribution in [1.29, 1.82) is 0 Å². The van der Waals surface area contributed by atoms with Crippen molar-refractivity contribution in [3.8, 4) is 11.4 Å². The number of aromatic nitrogens is 4. The fourth-order valence-corrected chi connectivity index (χ4v) is 3.45. The summed E-state index contributed by atoms with van der Waals surface area (Å²) < 4.78 is 25.6. The summed E-state index contributed by atoms with van der Waals surface area (Å²) in [5.41, 5.74) is 1.19. The Bertz CT molecular complexity index is 1000. The van der Waals surface area contributed by atoms with Crippen LogP contribution in [0.3, 0.4) is 0 Å². The molecule has 9 nitrogen and oxygen atoms in total. The number of benzene rings is 1. The number of carbonyl (C=O) groups is 1. The Morgan fingerprint density at radius 2 is 2.33 bits per heavy atom. The number of nitrogens with zero attached hydrogens (tertiary/aromatic N) is 5. The third-order valence-electron chi connectivity index (χ3n) is 4.99. The first-order valence-electron chi connectivity index (χ1n) is 9.79. The van der Waals surface area contributed by atoms with Crippen molar-refractivity contribution >= 4 is 11.7 Å². The monoisotopic (exact) mass is 414 g/mol. The van der Waals surface area contributed by atoms with Gasteiger partial charge in [0.1, 0.15) is 5.82 Å². The normalized spacial score (nSPS) is 16.6. The summed E-state index contributed by atoms with van der Waals surface area (Å²) in [5.74, 6) is 0.377. The van der Waals surface area contributed by atoms with Crippen LogP contribution in [0.1, 0.15) is 24.7 Å². The van der Waals surface area contributed by atoms with E-state index < -0.39 is 0 Å². The lowest BCUT2D eigenvalue weighted by Crippen LogP contribution is -2.41. The summed E-state index contributed by atoms with van der Waals surface area (Å²) in [6, 6.07) is 5.86. The number of amides is 2. The standard InChI is InChI=1S/C20H23FN6O3/c1-29-9-8-27-13-17(11-22-27)23-20(28)26-7-3-5-15(12-26)19-24-18(25-30-19)14-4-2-6-16(21)10-14/h2,4,6,10-11,13,15H,3,5,7-9,12H2,1H3,(H,23,28). The van der Waals surface area contributed by atoms with Crippen LogP contribution in [0.5, 0.6) is 0 Å². The van der Waals surface area contributed by atoms with Gasteiger partial charge in [-0.3, -0.25) is 4.68 Å². The van der Waals surface area contributed by atoms with Crippen molar-refractivity contribution in [3.63, 3.8) is 0 Å². The van der Waals surface area contributed by atoms with Crippen LogP contribution in [0.4, 0.5) is 14.9 Å². The first-order valence-corrected chi connectivity index (χ1v) is 9.79. The van der Waals surface area contributed by atoms with Gasteiger partial charge in [-0.2, -0.15) is 10.1 Å². The Kier molecular flexibility index (Phi) is 6.03. The molecule has 1 unspecified atom stereocenters. The molecule has 0 saturated carbocycles. The highest BCUT2D eigenvalue weighted by Gasteiger charge is 2.29. The van der Waals surface area contributed by atoms with Gasteiger partial charge in [0.15, 0.2) is 0 Å². The predicted octanol–water partition coefficient (Wildman–Crippen LogP) is 3.13. The van der Waals surface area contributed by atoms with Crippen LogP contribution in [-0.4, -0.2) is 57.7 Å². The number of anilines is 1.